The van der Waals surface area contributed by atoms with Crippen molar-refractivity contribution in [2.24, 2.45) is 0 Å². The Bertz CT molecular complexity index is 954. The number of benzene rings is 1. The summed E-state index contributed by atoms with van der Waals surface area (Å²) in [4.78, 5) is 28.3. The summed E-state index contributed by atoms with van der Waals surface area (Å²) in [5.74, 6) is 0.597. The van der Waals surface area contributed by atoms with Crippen LogP contribution in [0.3, 0.4) is 0 Å². The second kappa shape index (κ2) is 8.79. The fourth-order valence-corrected chi connectivity index (χ4v) is 3.34. The molecule has 7 nitrogen and oxygen atoms in total. The number of amides is 1. The van der Waals surface area contributed by atoms with Gasteiger partial charge in [0.2, 0.25) is 12.3 Å². The first-order chi connectivity index (χ1) is 13.5. The van der Waals surface area contributed by atoms with Crippen LogP contribution in [0.4, 0.5) is 5.69 Å². The number of carbonyl (C=O) groups excluding carboxylic acids is 2. The lowest BCUT2D eigenvalue weighted by Gasteiger charge is -2.12. The first-order valence-electron chi connectivity index (χ1n) is 8.88. The summed E-state index contributed by atoms with van der Waals surface area (Å²) in [6.45, 7) is 6.00. The fourth-order valence-electron chi connectivity index (χ4n) is 2.53. The number of anilines is 1. The van der Waals surface area contributed by atoms with Crippen LogP contribution in [0.15, 0.2) is 53.8 Å². The smallest absolute Gasteiger partial charge is 0.237 e. The lowest BCUT2D eigenvalue weighted by atomic mass is 10.0. The number of hydrogen-bond acceptors (Lipinski definition) is 6. The number of aromatic nitrogens is 4. The molecule has 1 atom stereocenters. The van der Waals surface area contributed by atoms with E-state index in [4.69, 9.17) is 0 Å². The number of pyridine rings is 1. The van der Waals surface area contributed by atoms with Crippen molar-refractivity contribution in [3.63, 3.8) is 0 Å². The quantitative estimate of drug-likeness (QED) is 0.485. The van der Waals surface area contributed by atoms with Crippen molar-refractivity contribution in [3.05, 3.63) is 54.2 Å². The molecule has 1 unspecified atom stereocenters. The molecule has 8 heteroatoms. The third kappa shape index (κ3) is 4.45. The molecule has 0 saturated heterocycles. The average molecular weight is 395 g/mol. The van der Waals surface area contributed by atoms with Gasteiger partial charge in [0.1, 0.15) is 5.69 Å². The van der Waals surface area contributed by atoms with E-state index in [-0.39, 0.29) is 5.91 Å². The van der Waals surface area contributed by atoms with Crippen molar-refractivity contribution in [3.8, 4) is 11.5 Å². The number of nitrogens with one attached hydrogen (secondary N) is 1. The van der Waals surface area contributed by atoms with E-state index in [0.717, 1.165) is 17.4 Å². The molecule has 0 bridgehead atoms. The van der Waals surface area contributed by atoms with Gasteiger partial charge in [0.05, 0.1) is 5.25 Å². The first-order valence-corrected chi connectivity index (χ1v) is 9.76. The van der Waals surface area contributed by atoms with Gasteiger partial charge >= 0.3 is 0 Å². The van der Waals surface area contributed by atoms with Crippen molar-refractivity contribution in [2.75, 3.05) is 5.32 Å². The van der Waals surface area contributed by atoms with E-state index in [0.29, 0.717) is 29.0 Å². The Morgan fingerprint density at radius 2 is 1.86 bits per heavy atom. The summed E-state index contributed by atoms with van der Waals surface area (Å²) in [5, 5.41) is 10.9. The van der Waals surface area contributed by atoms with Crippen LogP contribution in [0.2, 0.25) is 0 Å². The van der Waals surface area contributed by atoms with Gasteiger partial charge in [-0.1, -0.05) is 43.8 Å². The van der Waals surface area contributed by atoms with E-state index >= 15 is 0 Å². The molecule has 0 saturated carbocycles. The zero-order chi connectivity index (χ0) is 20.1. The summed E-state index contributed by atoms with van der Waals surface area (Å²) in [6, 6.07) is 13.1. The number of rotatable bonds is 7. The molecule has 0 radical (unpaired) electrons. The number of nitrogens with zero attached hydrogens (tertiary/aromatic N) is 4. The molecule has 3 rings (SSSR count). The molecule has 1 amide bonds. The molecule has 3 aromatic rings. The molecule has 0 aliphatic rings. The van der Waals surface area contributed by atoms with Crippen molar-refractivity contribution in [1.82, 2.24) is 19.7 Å². The highest BCUT2D eigenvalue weighted by atomic mass is 32.2. The number of hydrogen-bond donors (Lipinski definition) is 1. The third-order valence-electron chi connectivity index (χ3n) is 4.16. The minimum Gasteiger partial charge on any atom is -0.325 e. The molecular formula is C20H21N5O2S. The molecule has 0 aliphatic heterocycles. The Balaban J connectivity index is 1.70. The van der Waals surface area contributed by atoms with E-state index in [1.54, 1.807) is 31.3 Å². The Labute approximate surface area is 167 Å². The maximum atomic E-state index is 12.5. The summed E-state index contributed by atoms with van der Waals surface area (Å²) >= 11 is 1.16. The largest absolute Gasteiger partial charge is 0.325 e. The van der Waals surface area contributed by atoms with Gasteiger partial charge in [-0.05, 0) is 42.7 Å². The Morgan fingerprint density at radius 3 is 2.46 bits per heavy atom. The van der Waals surface area contributed by atoms with Crippen LogP contribution in [0.25, 0.3) is 11.5 Å². The van der Waals surface area contributed by atoms with Gasteiger partial charge in [0.25, 0.3) is 0 Å². The second-order valence-corrected chi connectivity index (χ2v) is 7.83. The van der Waals surface area contributed by atoms with Crippen molar-refractivity contribution in [2.45, 2.75) is 37.1 Å². The van der Waals surface area contributed by atoms with Crippen LogP contribution >= 0.6 is 11.8 Å². The van der Waals surface area contributed by atoms with E-state index < -0.39 is 5.25 Å². The van der Waals surface area contributed by atoms with Gasteiger partial charge in [-0.25, -0.2) is 4.57 Å². The Hall–Kier alpha value is -3.00. The minimum atomic E-state index is -0.468. The van der Waals surface area contributed by atoms with Gasteiger partial charge in [-0.3, -0.25) is 14.6 Å². The molecule has 2 aromatic heterocycles. The van der Waals surface area contributed by atoms with Crippen LogP contribution in [0, 0.1) is 0 Å². The zero-order valence-electron chi connectivity index (χ0n) is 15.9. The number of carbonyl (C=O) groups is 2. The van der Waals surface area contributed by atoms with E-state index in [1.165, 1.54) is 10.1 Å². The van der Waals surface area contributed by atoms with Gasteiger partial charge < -0.3 is 5.32 Å². The summed E-state index contributed by atoms with van der Waals surface area (Å²) in [6.07, 6.45) is 2.24. The minimum absolute atomic E-state index is 0.179. The van der Waals surface area contributed by atoms with Gasteiger partial charge in [-0.2, -0.15) is 0 Å². The van der Waals surface area contributed by atoms with E-state index in [9.17, 15) is 9.59 Å². The maximum absolute atomic E-state index is 12.5. The molecule has 28 heavy (non-hydrogen) atoms. The normalized spacial score (nSPS) is 12.0. The molecule has 1 aromatic carbocycles. The van der Waals surface area contributed by atoms with Crippen molar-refractivity contribution >= 4 is 29.8 Å². The molecule has 144 valence electrons. The van der Waals surface area contributed by atoms with E-state index in [1.807, 2.05) is 24.3 Å². The second-order valence-electron chi connectivity index (χ2n) is 6.52. The highest BCUT2D eigenvalue weighted by molar-refractivity contribution is 8.00. The number of thioether (sulfide) groups is 1. The Kier molecular flexibility index (Phi) is 6.20. The van der Waals surface area contributed by atoms with Crippen LogP contribution in [0.1, 0.15) is 32.3 Å². The molecule has 2 heterocycles. The molecule has 1 N–H and O–H groups in total. The van der Waals surface area contributed by atoms with Gasteiger partial charge in [-0.15, -0.1) is 10.2 Å². The Morgan fingerprint density at radius 1 is 1.11 bits per heavy atom. The third-order valence-corrected chi connectivity index (χ3v) is 5.22. The monoisotopic (exact) mass is 395 g/mol. The summed E-state index contributed by atoms with van der Waals surface area (Å²) in [5.41, 5.74) is 2.48. The van der Waals surface area contributed by atoms with Crippen LogP contribution in [-0.2, 0) is 9.59 Å². The van der Waals surface area contributed by atoms with Gasteiger partial charge in [0, 0.05) is 11.9 Å². The molecule has 0 aliphatic carbocycles. The fraction of sp³-hybridized carbons (Fsp3) is 0.250. The van der Waals surface area contributed by atoms with Crippen LogP contribution < -0.4 is 5.32 Å². The lowest BCUT2D eigenvalue weighted by molar-refractivity contribution is -0.115. The molecule has 0 spiro atoms. The maximum Gasteiger partial charge on any atom is 0.237 e. The summed E-state index contributed by atoms with van der Waals surface area (Å²) < 4.78 is 1.30. The molecular weight excluding hydrogens is 374 g/mol. The average Bonchev–Trinajstić information content (AvgIpc) is 3.11. The molecule has 0 fully saturated rings. The summed E-state index contributed by atoms with van der Waals surface area (Å²) in [7, 11) is 0. The highest BCUT2D eigenvalue weighted by Gasteiger charge is 2.21. The first kappa shape index (κ1) is 19.8. The highest BCUT2D eigenvalue weighted by Crippen LogP contribution is 2.26. The van der Waals surface area contributed by atoms with Crippen LogP contribution in [0.5, 0.6) is 0 Å². The zero-order valence-corrected chi connectivity index (χ0v) is 16.7. The van der Waals surface area contributed by atoms with Crippen molar-refractivity contribution < 1.29 is 9.59 Å². The lowest BCUT2D eigenvalue weighted by Crippen LogP contribution is -2.23. The van der Waals surface area contributed by atoms with Gasteiger partial charge in [0.15, 0.2) is 11.0 Å². The SMILES string of the molecule is CC(Sc1nnc(-c2ccccn2)n1C=O)C(=O)Nc1ccc(C(C)C)cc1. The predicted molar refractivity (Wildman–Crippen MR) is 110 cm³/mol. The predicted octanol–water partition coefficient (Wildman–Crippen LogP) is 3.62. The van der Waals surface area contributed by atoms with Crippen molar-refractivity contribution in [1.29, 1.82) is 0 Å². The van der Waals surface area contributed by atoms with E-state index in [2.05, 4.69) is 34.3 Å². The van der Waals surface area contributed by atoms with Crippen LogP contribution in [-0.4, -0.2) is 37.3 Å². The topological polar surface area (TPSA) is 89.8 Å². The standard InChI is InChI=1S/C20H21N5O2S/c1-13(2)15-7-9-16(10-8-15)22-19(27)14(3)28-20-24-23-18(25(20)12-26)17-6-4-5-11-21-17/h4-14H,1-3H3,(H,22,27).